The first kappa shape index (κ1) is 19.5. The maximum atomic E-state index is 12.6. The number of fused-ring (bicyclic) bond motifs is 1. The number of hydrogen-bond donors (Lipinski definition) is 2. The van der Waals surface area contributed by atoms with Crippen LogP contribution in [0.15, 0.2) is 0 Å². The van der Waals surface area contributed by atoms with Gasteiger partial charge < -0.3 is 25.0 Å². The second-order valence-electron chi connectivity index (χ2n) is 6.34. The molecule has 2 aliphatic rings. The summed E-state index contributed by atoms with van der Waals surface area (Å²) in [5, 5.41) is 5.68. The van der Waals surface area contributed by atoms with Crippen molar-refractivity contribution in [3.63, 3.8) is 0 Å². The van der Waals surface area contributed by atoms with Gasteiger partial charge in [0.25, 0.3) is 0 Å². The number of carbonyl (C=O) groups excluding carboxylic acids is 3. The van der Waals surface area contributed by atoms with E-state index in [4.69, 9.17) is 9.47 Å². The molecule has 3 amide bonds. The molecule has 8 heteroatoms. The van der Waals surface area contributed by atoms with E-state index in [1.807, 2.05) is 0 Å². The monoisotopic (exact) mass is 355 g/mol. The molecule has 2 atom stereocenters. The zero-order valence-corrected chi connectivity index (χ0v) is 14.9. The molecule has 0 radical (unpaired) electrons. The van der Waals surface area contributed by atoms with Crippen molar-refractivity contribution in [2.24, 2.45) is 5.92 Å². The molecule has 2 N–H and O–H groups in total. The summed E-state index contributed by atoms with van der Waals surface area (Å²) in [6, 6.07) is -0.325. The van der Waals surface area contributed by atoms with E-state index in [0.717, 1.165) is 25.7 Å². The normalized spacial score (nSPS) is 24.7. The summed E-state index contributed by atoms with van der Waals surface area (Å²) in [5.41, 5.74) is 0. The highest BCUT2D eigenvalue weighted by Gasteiger charge is 2.38. The Kier molecular flexibility index (Phi) is 7.97. The van der Waals surface area contributed by atoms with Crippen LogP contribution in [-0.2, 0) is 19.1 Å². The third-order valence-corrected chi connectivity index (χ3v) is 4.62. The third-order valence-electron chi connectivity index (χ3n) is 4.62. The van der Waals surface area contributed by atoms with E-state index in [1.54, 1.807) is 11.8 Å². The molecule has 2 fully saturated rings. The van der Waals surface area contributed by atoms with Gasteiger partial charge in [0.2, 0.25) is 5.91 Å². The minimum atomic E-state index is -0.327. The van der Waals surface area contributed by atoms with Crippen molar-refractivity contribution < 1.29 is 23.9 Å². The SMILES string of the molecule is CCOC(=O)CCNC(=O)N1CCCOCCNC(=O)C2CCCC21. The quantitative estimate of drug-likeness (QED) is 0.722. The lowest BCUT2D eigenvalue weighted by atomic mass is 10.0. The minimum absolute atomic E-state index is 0.00248. The fourth-order valence-corrected chi connectivity index (χ4v) is 3.46. The molecule has 1 saturated carbocycles. The van der Waals surface area contributed by atoms with Gasteiger partial charge in [0, 0.05) is 32.3 Å². The lowest BCUT2D eigenvalue weighted by Crippen LogP contribution is -2.51. The number of rotatable bonds is 4. The molecule has 0 bridgehead atoms. The summed E-state index contributed by atoms with van der Waals surface area (Å²) < 4.78 is 10.3. The van der Waals surface area contributed by atoms with Crippen LogP contribution in [0.1, 0.15) is 39.0 Å². The van der Waals surface area contributed by atoms with Gasteiger partial charge in [-0.2, -0.15) is 0 Å². The molecule has 1 aliphatic carbocycles. The van der Waals surface area contributed by atoms with Crippen LogP contribution < -0.4 is 10.6 Å². The van der Waals surface area contributed by atoms with E-state index < -0.39 is 0 Å². The summed E-state index contributed by atoms with van der Waals surface area (Å²) in [4.78, 5) is 38.1. The molecule has 142 valence electrons. The highest BCUT2D eigenvalue weighted by molar-refractivity contribution is 5.81. The molecule has 8 nitrogen and oxygen atoms in total. The van der Waals surface area contributed by atoms with E-state index in [1.165, 1.54) is 0 Å². The van der Waals surface area contributed by atoms with Gasteiger partial charge in [-0.3, -0.25) is 9.59 Å². The second kappa shape index (κ2) is 10.2. The Labute approximate surface area is 148 Å². The lowest BCUT2D eigenvalue weighted by Gasteiger charge is -2.32. The molecule has 0 spiro atoms. The molecule has 25 heavy (non-hydrogen) atoms. The van der Waals surface area contributed by atoms with Crippen molar-refractivity contribution in [1.82, 2.24) is 15.5 Å². The van der Waals surface area contributed by atoms with Gasteiger partial charge >= 0.3 is 12.0 Å². The highest BCUT2D eigenvalue weighted by atomic mass is 16.5. The first-order valence-electron chi connectivity index (χ1n) is 9.19. The first-order valence-corrected chi connectivity index (χ1v) is 9.19. The number of nitrogens with one attached hydrogen (secondary N) is 2. The van der Waals surface area contributed by atoms with Crippen LogP contribution in [0, 0.1) is 5.92 Å². The first-order chi connectivity index (χ1) is 12.1. The van der Waals surface area contributed by atoms with Crippen molar-refractivity contribution in [2.75, 3.05) is 39.5 Å². The van der Waals surface area contributed by atoms with E-state index in [0.29, 0.717) is 32.9 Å². The van der Waals surface area contributed by atoms with E-state index >= 15 is 0 Å². The van der Waals surface area contributed by atoms with Crippen LogP contribution in [-0.4, -0.2) is 68.3 Å². The second-order valence-corrected chi connectivity index (χ2v) is 6.34. The summed E-state index contributed by atoms with van der Waals surface area (Å²) in [7, 11) is 0. The van der Waals surface area contributed by atoms with E-state index in [2.05, 4.69) is 10.6 Å². The minimum Gasteiger partial charge on any atom is -0.466 e. The number of urea groups is 1. The molecular weight excluding hydrogens is 326 g/mol. The van der Waals surface area contributed by atoms with Gasteiger partial charge in [-0.1, -0.05) is 6.42 Å². The van der Waals surface area contributed by atoms with Crippen LogP contribution in [0.25, 0.3) is 0 Å². The number of hydrogen-bond acceptors (Lipinski definition) is 5. The summed E-state index contributed by atoms with van der Waals surface area (Å²) in [5.74, 6) is -0.502. The maximum absolute atomic E-state index is 12.6. The number of amides is 3. The van der Waals surface area contributed by atoms with Crippen molar-refractivity contribution in [1.29, 1.82) is 0 Å². The fraction of sp³-hybridized carbons (Fsp3) is 0.824. The average molecular weight is 355 g/mol. The summed E-state index contributed by atoms with van der Waals surface area (Å²) in [6.07, 6.45) is 3.42. The van der Waals surface area contributed by atoms with Gasteiger partial charge in [-0.25, -0.2) is 4.79 Å². The Balaban J connectivity index is 1.96. The molecule has 0 aromatic rings. The average Bonchev–Trinajstić information content (AvgIpc) is 3.05. The summed E-state index contributed by atoms with van der Waals surface area (Å²) >= 11 is 0. The molecular formula is C17H29N3O5. The van der Waals surface area contributed by atoms with Gasteiger partial charge in [-0.05, 0) is 26.2 Å². The van der Waals surface area contributed by atoms with E-state index in [9.17, 15) is 14.4 Å². The lowest BCUT2D eigenvalue weighted by molar-refractivity contribution is -0.142. The highest BCUT2D eigenvalue weighted by Crippen LogP contribution is 2.30. The molecule has 1 saturated heterocycles. The molecule has 2 unspecified atom stereocenters. The molecule has 0 aromatic carbocycles. The molecule has 2 rings (SSSR count). The van der Waals surface area contributed by atoms with Crippen LogP contribution in [0.3, 0.4) is 0 Å². The molecule has 0 aromatic heterocycles. The Hall–Kier alpha value is -1.83. The standard InChI is InChI=1S/C17H29N3O5/c1-2-25-15(21)7-8-19-17(23)20-10-4-11-24-12-9-18-16(22)13-5-3-6-14(13)20/h13-14H,2-12H2,1H3,(H,18,22)(H,19,23). The molecule has 1 aliphatic heterocycles. The topological polar surface area (TPSA) is 97.0 Å². The van der Waals surface area contributed by atoms with E-state index in [-0.39, 0.29) is 42.8 Å². The van der Waals surface area contributed by atoms with Crippen LogP contribution in [0.5, 0.6) is 0 Å². The number of ether oxygens (including phenoxy) is 2. The number of carbonyl (C=O) groups is 3. The number of nitrogens with zero attached hydrogens (tertiary/aromatic N) is 1. The van der Waals surface area contributed by atoms with Gasteiger partial charge in [0.1, 0.15) is 0 Å². The van der Waals surface area contributed by atoms with Crippen LogP contribution in [0.2, 0.25) is 0 Å². The van der Waals surface area contributed by atoms with Crippen molar-refractivity contribution >= 4 is 17.9 Å². The zero-order chi connectivity index (χ0) is 18.1. The fourth-order valence-electron chi connectivity index (χ4n) is 3.46. The Bertz CT molecular complexity index is 471. The maximum Gasteiger partial charge on any atom is 0.317 e. The molecule has 1 heterocycles. The van der Waals surface area contributed by atoms with Gasteiger partial charge in [0.15, 0.2) is 0 Å². The van der Waals surface area contributed by atoms with Crippen LogP contribution >= 0.6 is 0 Å². The number of esters is 1. The predicted octanol–water partition coefficient (Wildman–Crippen LogP) is 0.656. The third kappa shape index (κ3) is 5.88. The van der Waals surface area contributed by atoms with Gasteiger partial charge in [-0.15, -0.1) is 0 Å². The van der Waals surface area contributed by atoms with Crippen LogP contribution in [0.4, 0.5) is 4.79 Å². The van der Waals surface area contributed by atoms with Gasteiger partial charge in [0.05, 0.1) is 25.6 Å². The Morgan fingerprint density at radius 1 is 1.32 bits per heavy atom. The Morgan fingerprint density at radius 2 is 2.16 bits per heavy atom. The van der Waals surface area contributed by atoms with Crippen molar-refractivity contribution in [2.45, 2.75) is 45.1 Å². The van der Waals surface area contributed by atoms with Crippen molar-refractivity contribution in [3.05, 3.63) is 0 Å². The zero-order valence-electron chi connectivity index (χ0n) is 14.9. The summed E-state index contributed by atoms with van der Waals surface area (Å²) in [6.45, 7) is 4.41. The van der Waals surface area contributed by atoms with Crippen molar-refractivity contribution in [3.8, 4) is 0 Å². The predicted molar refractivity (Wildman–Crippen MR) is 90.9 cm³/mol. The smallest absolute Gasteiger partial charge is 0.317 e. The largest absolute Gasteiger partial charge is 0.466 e. The Morgan fingerprint density at radius 3 is 2.96 bits per heavy atom.